The molecule has 0 saturated carbocycles. The third-order valence-corrected chi connectivity index (χ3v) is 18.7. The molecule has 6 rings (SSSR count). The van der Waals surface area contributed by atoms with Gasteiger partial charge in [0, 0.05) is 6.92 Å². The molecule has 0 aliphatic carbocycles. The molecule has 6 unspecified atom stereocenters. The molecular formula is C52H96N4O29P2. The van der Waals surface area contributed by atoms with E-state index in [1.807, 2.05) is 13.8 Å². The van der Waals surface area contributed by atoms with Crippen molar-refractivity contribution < 1.29 is 141 Å². The van der Waals surface area contributed by atoms with E-state index in [2.05, 4.69) is 5.32 Å². The fraction of sp³-hybridized carbons (Fsp3) is 0.923. The van der Waals surface area contributed by atoms with Gasteiger partial charge in [-0.05, 0) is 0 Å². The van der Waals surface area contributed by atoms with Crippen LogP contribution in [0.4, 0.5) is 0 Å². The summed E-state index contributed by atoms with van der Waals surface area (Å²) in [5, 5.41) is 104. The van der Waals surface area contributed by atoms with Gasteiger partial charge in [-0.15, -0.1) is 0 Å². The van der Waals surface area contributed by atoms with E-state index >= 15 is 0 Å². The SMILES string of the molecule is CC(=O)NC1[C@H](OCCCC(=O)N2C[C@H](O)C[C@H]2CO[PH](O)(O)O[C@@H]2C[C@@H](CO[PH](O)(O)O[C@@H]3C[C@@H](COC(C)C)N(C(=O)CCCO[C@@H]4OC(CO)[C@H](O)[C@H](O)C4C)C3)N(C(=O)CCCO[C@@H]3OC(CO)[C@H](O)[C@H](O)C3C)C2)OC(CO)[C@H](O)[C@@H]1O. The van der Waals surface area contributed by atoms with Crippen molar-refractivity contribution in [3.8, 4) is 0 Å². The third-order valence-electron chi connectivity index (χ3n) is 16.4. The number of carbonyl (C=O) groups excluding carboxylic acids is 4. The number of ether oxygens (including phenoxy) is 7. The summed E-state index contributed by atoms with van der Waals surface area (Å²) in [6.45, 7) is 4.54. The van der Waals surface area contributed by atoms with Gasteiger partial charge in [-0.2, -0.15) is 0 Å². The van der Waals surface area contributed by atoms with Gasteiger partial charge >= 0.3 is 405 Å². The van der Waals surface area contributed by atoms with Gasteiger partial charge in [-0.25, -0.2) is 0 Å². The molecule has 0 radical (unpaired) electrons. The average Bonchev–Trinajstić information content (AvgIpc) is 4.25. The van der Waals surface area contributed by atoms with Gasteiger partial charge in [0.05, 0.1) is 19.8 Å². The summed E-state index contributed by atoms with van der Waals surface area (Å²) in [6.07, 6.45) is -18.3. The number of nitrogens with zero attached hydrogens (tertiary/aromatic N) is 3. The molecule has 21 atom stereocenters. The predicted octanol–water partition coefficient (Wildman–Crippen LogP) is -5.35. The molecule has 0 aromatic carbocycles. The molecule has 0 aromatic heterocycles. The third kappa shape index (κ3) is 20.9. The molecule has 6 aliphatic heterocycles. The second-order valence-corrected chi connectivity index (χ2v) is 26.8. The van der Waals surface area contributed by atoms with E-state index in [0.29, 0.717) is 0 Å². The number of amides is 4. The van der Waals surface area contributed by atoms with Crippen LogP contribution in [0.5, 0.6) is 0 Å². The van der Waals surface area contributed by atoms with Gasteiger partial charge in [0.1, 0.15) is 18.3 Å². The summed E-state index contributed by atoms with van der Waals surface area (Å²) >= 11 is 0. The Labute approximate surface area is 505 Å². The number of rotatable bonds is 32. The van der Waals surface area contributed by atoms with Crippen LogP contribution in [-0.2, 0) is 70.4 Å². The fourth-order valence-electron chi connectivity index (χ4n) is 11.5. The van der Waals surface area contributed by atoms with Crippen molar-refractivity contribution in [3.63, 3.8) is 0 Å². The Morgan fingerprint density at radius 3 is 1.30 bits per heavy atom. The van der Waals surface area contributed by atoms with Crippen LogP contribution >= 0.6 is 16.3 Å². The molecule has 6 saturated heterocycles. The minimum Gasteiger partial charge on any atom is -0.394 e. The number of likely N-dealkylation sites (tertiary alicyclic amines) is 3. The summed E-state index contributed by atoms with van der Waals surface area (Å²) in [6, 6.07) is -3.60. The van der Waals surface area contributed by atoms with Crippen LogP contribution < -0.4 is 5.32 Å². The topological polar surface area (TPSA) is 475 Å². The fourth-order valence-corrected chi connectivity index (χ4v) is 13.7. The second-order valence-electron chi connectivity index (χ2n) is 23.5. The first-order valence-corrected chi connectivity index (χ1v) is 33.2. The Morgan fingerprint density at radius 2 is 0.897 bits per heavy atom. The molecule has 6 heterocycles. The van der Waals surface area contributed by atoms with Gasteiger partial charge in [0.25, 0.3) is 0 Å². The molecule has 0 bridgehead atoms. The molecule has 6 aliphatic rings. The normalized spacial score (nSPS) is 36.4. The number of carbonyl (C=O) groups is 4. The van der Waals surface area contributed by atoms with E-state index < -0.39 is 195 Å². The van der Waals surface area contributed by atoms with Crippen LogP contribution in [0.2, 0.25) is 0 Å². The van der Waals surface area contributed by atoms with Crippen LogP contribution in [0, 0.1) is 11.8 Å². The molecular weight excluding hydrogens is 1210 g/mol. The zero-order valence-electron chi connectivity index (χ0n) is 49.8. The molecule has 508 valence electrons. The van der Waals surface area contributed by atoms with Gasteiger partial charge < -0.3 is 46.0 Å². The number of hydrogen-bond donors (Lipinski definition) is 15. The minimum atomic E-state index is -5.14. The van der Waals surface area contributed by atoms with E-state index in [-0.39, 0.29) is 116 Å². The van der Waals surface area contributed by atoms with Crippen molar-refractivity contribution in [1.82, 2.24) is 20.0 Å². The molecule has 33 nitrogen and oxygen atoms in total. The molecule has 6 fully saturated rings. The van der Waals surface area contributed by atoms with E-state index in [4.69, 9.17) is 51.3 Å². The van der Waals surface area contributed by atoms with Crippen LogP contribution in [0.15, 0.2) is 0 Å². The summed E-state index contributed by atoms with van der Waals surface area (Å²) in [5.74, 6) is -3.21. The summed E-state index contributed by atoms with van der Waals surface area (Å²) in [5.41, 5.74) is 0. The standard InChI is InChI=1S/C52H96N4O29P2/c1-27(2)78-24-32-16-35(19-55(32)41(63)10-6-12-75-50-28(3)44(65)46(67)37(21-57)81-50)84-87(73,74)80-26-33-17-36(20-56(33)42(64)11-7-13-76-51-29(4)45(66)47(68)38(22-58)82-51)85-86(71,72)79-25-31-15-34(61)18-54(31)40(62)9-8-14-77-52-43(53-30(5)60)49(70)48(69)39(23-59)83-52/h27-29,31-39,43-52,57-59,61,65-74,86-87H,6-26H2,1-5H3,(H,53,60)/t28?,29?,31-,32-,33-,34+,35+,36+,37?,38?,39?,43?,44+,45+,46-,47-,48-,49+,50+,51+,52+/m0/s1. The Kier molecular flexibility index (Phi) is 28.9. The Hall–Kier alpha value is -2.26. The molecule has 0 aromatic rings. The Bertz CT molecular complexity index is 2150. The summed E-state index contributed by atoms with van der Waals surface area (Å²) < 4.78 is 62.6. The van der Waals surface area contributed by atoms with Gasteiger partial charge in [0.2, 0.25) is 5.91 Å². The first-order chi connectivity index (χ1) is 41.1. The van der Waals surface area contributed by atoms with Crippen molar-refractivity contribution in [2.45, 2.75) is 215 Å². The maximum atomic E-state index is 14.0. The second kappa shape index (κ2) is 34.1. The number of hydrogen-bond acceptors (Lipinski definition) is 29. The van der Waals surface area contributed by atoms with Crippen molar-refractivity contribution in [2.24, 2.45) is 11.8 Å². The Balaban J connectivity index is 1.04. The molecule has 4 amide bonds. The van der Waals surface area contributed by atoms with Crippen LogP contribution in [0.1, 0.15) is 92.4 Å². The number of aliphatic hydroxyl groups excluding tert-OH is 10. The zero-order chi connectivity index (χ0) is 64.1. The smallest absolute Gasteiger partial charge is 0.394 e. The number of nitrogens with one attached hydrogen (secondary N) is 1. The first-order valence-electron chi connectivity index (χ1n) is 29.8. The molecule has 35 heteroatoms. The average molecular weight is 1300 g/mol. The van der Waals surface area contributed by atoms with Crippen LogP contribution in [-0.4, -0.2) is 310 Å². The van der Waals surface area contributed by atoms with E-state index in [9.17, 15) is 89.8 Å². The monoisotopic (exact) mass is 1300 g/mol. The van der Waals surface area contributed by atoms with Crippen molar-refractivity contribution in [1.29, 1.82) is 0 Å². The molecule has 0 spiro atoms. The first kappa shape index (κ1) is 73.8. The summed E-state index contributed by atoms with van der Waals surface area (Å²) in [7, 11) is -10.2. The van der Waals surface area contributed by atoms with Crippen LogP contribution in [0.3, 0.4) is 0 Å². The van der Waals surface area contributed by atoms with Gasteiger partial charge in [-0.3, -0.25) is 4.79 Å². The van der Waals surface area contributed by atoms with Crippen molar-refractivity contribution in [3.05, 3.63) is 0 Å². The van der Waals surface area contributed by atoms with Gasteiger partial charge in [-0.1, -0.05) is 0 Å². The van der Waals surface area contributed by atoms with Gasteiger partial charge in [0.15, 0.2) is 0 Å². The van der Waals surface area contributed by atoms with Crippen molar-refractivity contribution >= 4 is 40.0 Å². The number of β-amino-alcohol motifs (C(OH)–C–C–N with tert-alkyl or cyclic N) is 1. The quantitative estimate of drug-likeness (QED) is 0.0221. The van der Waals surface area contributed by atoms with Crippen molar-refractivity contribution in [2.75, 3.05) is 79.1 Å². The van der Waals surface area contributed by atoms with E-state index in [1.54, 1.807) is 13.8 Å². The summed E-state index contributed by atoms with van der Waals surface area (Å²) in [4.78, 5) is 102. The minimum absolute atomic E-state index is 0.00779. The Morgan fingerprint density at radius 1 is 0.529 bits per heavy atom. The maximum absolute atomic E-state index is 14.0. The van der Waals surface area contributed by atoms with E-state index in [1.165, 1.54) is 21.6 Å². The molecule has 87 heavy (non-hydrogen) atoms. The number of aliphatic hydroxyl groups is 10. The molecule has 15 N–H and O–H groups in total. The zero-order valence-corrected chi connectivity index (χ0v) is 51.8. The van der Waals surface area contributed by atoms with E-state index in [0.717, 1.165) is 0 Å². The van der Waals surface area contributed by atoms with Crippen LogP contribution in [0.25, 0.3) is 0 Å². The predicted molar refractivity (Wildman–Crippen MR) is 299 cm³/mol.